The van der Waals surface area contributed by atoms with E-state index in [2.05, 4.69) is 15.3 Å². The summed E-state index contributed by atoms with van der Waals surface area (Å²) in [5.74, 6) is -0.185. The molecule has 4 rings (SSSR count). The van der Waals surface area contributed by atoms with Crippen LogP contribution < -0.4 is 5.32 Å². The second-order valence-corrected chi connectivity index (χ2v) is 7.09. The lowest BCUT2D eigenvalue weighted by Crippen LogP contribution is -2.24. The van der Waals surface area contributed by atoms with Gasteiger partial charge in [0.2, 0.25) is 5.91 Å². The first-order chi connectivity index (χ1) is 12.2. The molecule has 1 saturated carbocycles. The summed E-state index contributed by atoms with van der Waals surface area (Å²) in [5, 5.41) is 5.42. The van der Waals surface area contributed by atoms with Crippen LogP contribution in [0.15, 0.2) is 52.4 Å². The van der Waals surface area contributed by atoms with Crippen LogP contribution in [0.5, 0.6) is 0 Å². The number of anilines is 1. The molecule has 1 aliphatic carbocycles. The van der Waals surface area contributed by atoms with Gasteiger partial charge in [-0.05, 0) is 30.7 Å². The van der Waals surface area contributed by atoms with Crippen LogP contribution in [0.25, 0.3) is 10.8 Å². The van der Waals surface area contributed by atoms with Gasteiger partial charge in [-0.15, -0.1) is 0 Å². The number of hydrogen-bond acceptors (Lipinski definition) is 4. The van der Waals surface area contributed by atoms with Gasteiger partial charge in [0.25, 0.3) is 5.91 Å². The molecule has 25 heavy (non-hydrogen) atoms. The molecule has 2 amide bonds. The number of hydrogen-bond donors (Lipinski definition) is 1. The highest BCUT2D eigenvalue weighted by atomic mass is 32.2. The van der Waals surface area contributed by atoms with Gasteiger partial charge in [-0.1, -0.05) is 48.2 Å². The number of nitrogens with one attached hydrogen (secondary N) is 1. The molecular formula is C19H17N3O2S. The van der Waals surface area contributed by atoms with Gasteiger partial charge in [-0.25, -0.2) is 4.99 Å². The maximum atomic E-state index is 12.3. The van der Waals surface area contributed by atoms with Gasteiger partial charge in [0.1, 0.15) is 0 Å². The van der Waals surface area contributed by atoms with Crippen molar-refractivity contribution in [3.63, 3.8) is 0 Å². The number of carbonyl (C=O) groups is 2. The summed E-state index contributed by atoms with van der Waals surface area (Å²) >= 11 is 1.21. The van der Waals surface area contributed by atoms with E-state index in [1.807, 2.05) is 42.5 Å². The van der Waals surface area contributed by atoms with Crippen LogP contribution in [-0.4, -0.2) is 28.4 Å². The minimum absolute atomic E-state index is 0.112. The number of amides is 2. The Morgan fingerprint density at radius 3 is 2.92 bits per heavy atom. The minimum atomic E-state index is -0.134. The Labute approximate surface area is 149 Å². The lowest BCUT2D eigenvalue weighted by molar-refractivity contribution is -0.119. The third-order valence-corrected chi connectivity index (χ3v) is 5.31. The van der Waals surface area contributed by atoms with Gasteiger partial charge in [0.15, 0.2) is 5.17 Å². The first-order valence-electron chi connectivity index (χ1n) is 8.31. The zero-order valence-corrected chi connectivity index (χ0v) is 14.4. The third-order valence-electron chi connectivity index (χ3n) is 4.47. The second kappa shape index (κ2) is 6.80. The zero-order chi connectivity index (χ0) is 17.2. The van der Waals surface area contributed by atoms with Crippen molar-refractivity contribution in [2.75, 3.05) is 11.1 Å². The van der Waals surface area contributed by atoms with Crippen molar-refractivity contribution in [2.45, 2.75) is 19.3 Å². The van der Waals surface area contributed by atoms with Gasteiger partial charge >= 0.3 is 0 Å². The average molecular weight is 351 g/mol. The second-order valence-electron chi connectivity index (χ2n) is 6.14. The number of benzene rings is 2. The predicted molar refractivity (Wildman–Crippen MR) is 102 cm³/mol. The lowest BCUT2D eigenvalue weighted by Gasteiger charge is -2.13. The van der Waals surface area contributed by atoms with Crippen molar-refractivity contribution >= 4 is 50.9 Å². The SMILES string of the molecule is O=C(CSC1=NC(=O)C2CCCC2=N1)Nc1cccc2ccccc12. The molecule has 2 aromatic carbocycles. The molecule has 1 aliphatic heterocycles. The summed E-state index contributed by atoms with van der Waals surface area (Å²) in [6.45, 7) is 0. The Morgan fingerprint density at radius 1 is 1.16 bits per heavy atom. The maximum absolute atomic E-state index is 12.3. The molecule has 2 aliphatic rings. The predicted octanol–water partition coefficient (Wildman–Crippen LogP) is 3.65. The summed E-state index contributed by atoms with van der Waals surface area (Å²) in [7, 11) is 0. The average Bonchev–Trinajstić information content (AvgIpc) is 3.10. The molecule has 2 aromatic rings. The monoisotopic (exact) mass is 351 g/mol. The van der Waals surface area contributed by atoms with Gasteiger partial charge < -0.3 is 5.32 Å². The Bertz CT molecular complexity index is 915. The van der Waals surface area contributed by atoms with Gasteiger partial charge in [0.05, 0.1) is 11.7 Å². The van der Waals surface area contributed by atoms with E-state index in [1.54, 1.807) is 0 Å². The molecule has 0 bridgehead atoms. The Hall–Kier alpha value is -2.47. The first kappa shape index (κ1) is 16.0. The maximum Gasteiger partial charge on any atom is 0.256 e. The summed E-state index contributed by atoms with van der Waals surface area (Å²) < 4.78 is 0. The lowest BCUT2D eigenvalue weighted by atomic mass is 10.1. The zero-order valence-electron chi connectivity index (χ0n) is 13.6. The molecule has 126 valence electrons. The van der Waals surface area contributed by atoms with E-state index in [1.165, 1.54) is 11.8 Å². The van der Waals surface area contributed by atoms with Crippen LogP contribution in [-0.2, 0) is 9.59 Å². The van der Waals surface area contributed by atoms with Crippen LogP contribution >= 0.6 is 11.8 Å². The van der Waals surface area contributed by atoms with Crippen LogP contribution in [0, 0.1) is 5.92 Å². The van der Waals surface area contributed by atoms with Gasteiger partial charge in [-0.2, -0.15) is 4.99 Å². The topological polar surface area (TPSA) is 70.9 Å². The molecule has 1 fully saturated rings. The molecule has 1 atom stereocenters. The summed E-state index contributed by atoms with van der Waals surface area (Å²) in [6.07, 6.45) is 2.70. The van der Waals surface area contributed by atoms with Crippen molar-refractivity contribution in [2.24, 2.45) is 15.9 Å². The van der Waals surface area contributed by atoms with E-state index in [9.17, 15) is 9.59 Å². The number of aliphatic imine (C=N–C) groups is 2. The van der Waals surface area contributed by atoms with Crippen molar-refractivity contribution in [3.05, 3.63) is 42.5 Å². The van der Waals surface area contributed by atoms with Crippen molar-refractivity contribution in [3.8, 4) is 0 Å². The molecule has 1 heterocycles. The fourth-order valence-corrected chi connectivity index (χ4v) is 3.93. The first-order valence-corrected chi connectivity index (χ1v) is 9.30. The molecule has 5 nitrogen and oxygen atoms in total. The molecule has 1 N–H and O–H groups in total. The van der Waals surface area contributed by atoms with Gasteiger partial charge in [-0.3, -0.25) is 9.59 Å². The number of rotatable bonds is 3. The molecule has 6 heteroatoms. The summed E-state index contributed by atoms with van der Waals surface area (Å²) in [5.41, 5.74) is 1.71. The Kier molecular flexibility index (Phi) is 4.36. The van der Waals surface area contributed by atoms with Gasteiger partial charge in [0, 0.05) is 16.8 Å². The number of carbonyl (C=O) groups excluding carboxylic acids is 2. The largest absolute Gasteiger partial charge is 0.325 e. The highest BCUT2D eigenvalue weighted by Crippen LogP contribution is 2.28. The molecule has 0 radical (unpaired) electrons. The van der Waals surface area contributed by atoms with E-state index >= 15 is 0 Å². The van der Waals surface area contributed by atoms with Crippen LogP contribution in [0.1, 0.15) is 19.3 Å². The molecule has 1 unspecified atom stereocenters. The highest BCUT2D eigenvalue weighted by molar-refractivity contribution is 8.14. The quantitative estimate of drug-likeness (QED) is 0.917. The van der Waals surface area contributed by atoms with Crippen molar-refractivity contribution < 1.29 is 9.59 Å². The van der Waals surface area contributed by atoms with Crippen LogP contribution in [0.3, 0.4) is 0 Å². The van der Waals surface area contributed by atoms with E-state index in [0.29, 0.717) is 5.17 Å². The third kappa shape index (κ3) is 3.35. The molecule has 0 spiro atoms. The molecular weight excluding hydrogens is 334 g/mol. The van der Waals surface area contributed by atoms with Crippen molar-refractivity contribution in [1.82, 2.24) is 0 Å². The normalized spacial score (nSPS) is 19.4. The summed E-state index contributed by atoms with van der Waals surface area (Å²) in [4.78, 5) is 32.8. The fraction of sp³-hybridized carbons (Fsp3) is 0.263. The number of amidine groups is 1. The molecule has 0 aromatic heterocycles. The standard InChI is InChI=1S/C19H17N3O2S/c23-17(20-15-9-3-6-12-5-1-2-7-13(12)15)11-25-19-21-16-10-4-8-14(16)18(24)22-19/h1-3,5-7,9,14H,4,8,10-11H2,(H,20,23). The minimum Gasteiger partial charge on any atom is -0.325 e. The molecule has 0 saturated heterocycles. The van der Waals surface area contributed by atoms with E-state index in [4.69, 9.17) is 0 Å². The smallest absolute Gasteiger partial charge is 0.256 e. The summed E-state index contributed by atoms with van der Waals surface area (Å²) in [6, 6.07) is 13.7. The fourth-order valence-electron chi connectivity index (χ4n) is 3.26. The highest BCUT2D eigenvalue weighted by Gasteiger charge is 2.32. The number of fused-ring (bicyclic) bond motifs is 2. The Morgan fingerprint density at radius 2 is 2.00 bits per heavy atom. The number of thioether (sulfide) groups is 1. The van der Waals surface area contributed by atoms with E-state index < -0.39 is 0 Å². The van der Waals surface area contributed by atoms with Crippen LogP contribution in [0.4, 0.5) is 5.69 Å². The van der Waals surface area contributed by atoms with Crippen LogP contribution in [0.2, 0.25) is 0 Å². The van der Waals surface area contributed by atoms with E-state index in [-0.39, 0.29) is 23.5 Å². The van der Waals surface area contributed by atoms with E-state index in [0.717, 1.165) is 41.4 Å². The number of nitrogens with zero attached hydrogens (tertiary/aromatic N) is 2. The Balaban J connectivity index is 1.42. The van der Waals surface area contributed by atoms with Crippen molar-refractivity contribution in [1.29, 1.82) is 0 Å².